The van der Waals surface area contributed by atoms with Crippen molar-refractivity contribution in [3.63, 3.8) is 0 Å². The molecule has 0 bridgehead atoms. The van der Waals surface area contributed by atoms with Crippen LogP contribution in [0.15, 0.2) is 54.6 Å². The van der Waals surface area contributed by atoms with Crippen LogP contribution in [0.25, 0.3) is 0 Å². The molecule has 242 valence electrons. The van der Waals surface area contributed by atoms with E-state index in [1.54, 1.807) is 7.11 Å². The number of rotatable bonds is 12. The summed E-state index contributed by atoms with van der Waals surface area (Å²) in [6.07, 6.45) is 12.7. The zero-order valence-corrected chi connectivity index (χ0v) is 27.0. The van der Waals surface area contributed by atoms with Crippen molar-refractivity contribution in [3.05, 3.63) is 65.7 Å². The number of carbonyl (C=O) groups is 3. The Morgan fingerprint density at radius 3 is 2.40 bits per heavy atom. The average Bonchev–Trinajstić information content (AvgIpc) is 3.76. The van der Waals surface area contributed by atoms with Gasteiger partial charge in [0.15, 0.2) is 0 Å². The minimum absolute atomic E-state index is 0.0995. The maximum Gasteiger partial charge on any atom is 0.247 e. The Balaban J connectivity index is 1.33. The van der Waals surface area contributed by atoms with E-state index in [9.17, 15) is 19.6 Å². The van der Waals surface area contributed by atoms with E-state index in [2.05, 4.69) is 45.9 Å². The fourth-order valence-corrected chi connectivity index (χ4v) is 6.83. The number of nitrogens with one attached hydrogen (secondary N) is 2. The highest BCUT2D eigenvalue weighted by molar-refractivity contribution is 5.98. The Labute approximate surface area is 267 Å². The lowest BCUT2D eigenvalue weighted by molar-refractivity contribution is -0.155. The molecule has 5 rings (SSSR count). The number of fused-ring (bicyclic) bond motifs is 1. The van der Waals surface area contributed by atoms with Gasteiger partial charge in [0.05, 0.1) is 25.6 Å². The van der Waals surface area contributed by atoms with Crippen LogP contribution in [0.1, 0.15) is 82.9 Å². The van der Waals surface area contributed by atoms with Crippen LogP contribution in [-0.4, -0.2) is 54.2 Å². The molecule has 0 aromatic heterocycles. The first-order valence-corrected chi connectivity index (χ1v) is 16.3. The molecule has 0 radical (unpaired) electrons. The second-order valence-corrected chi connectivity index (χ2v) is 13.9. The van der Waals surface area contributed by atoms with Crippen LogP contribution < -0.4 is 20.3 Å². The number of hydrogen-bond acceptors (Lipinski definition) is 6. The number of benzene rings is 2. The summed E-state index contributed by atoms with van der Waals surface area (Å²) in [6, 6.07) is 14.1. The molecule has 2 aromatic rings. The highest BCUT2D eigenvalue weighted by atomic mass is 16.5. The van der Waals surface area contributed by atoms with Crippen LogP contribution in [0.4, 0.5) is 11.4 Å². The van der Waals surface area contributed by atoms with Gasteiger partial charge >= 0.3 is 0 Å². The molecule has 9 heteroatoms. The average molecular weight is 617 g/mol. The van der Waals surface area contributed by atoms with Crippen LogP contribution >= 0.6 is 0 Å². The van der Waals surface area contributed by atoms with Gasteiger partial charge in [-0.05, 0) is 78.5 Å². The van der Waals surface area contributed by atoms with E-state index in [0.29, 0.717) is 35.5 Å². The molecule has 45 heavy (non-hydrogen) atoms. The number of allylic oxidation sites excluding steroid dienone is 1. The van der Waals surface area contributed by atoms with E-state index in [-0.39, 0.29) is 24.4 Å². The maximum atomic E-state index is 13.8. The molecule has 9 nitrogen and oxygen atoms in total. The predicted molar refractivity (Wildman–Crippen MR) is 175 cm³/mol. The van der Waals surface area contributed by atoms with Gasteiger partial charge in [0.1, 0.15) is 11.8 Å². The highest BCUT2D eigenvalue weighted by Gasteiger charge is 2.38. The van der Waals surface area contributed by atoms with Crippen molar-refractivity contribution < 1.29 is 24.3 Å². The minimum Gasteiger partial charge on any atom is -0.497 e. The molecule has 3 aliphatic rings. The number of hydrogen-bond donors (Lipinski definition) is 3. The molecule has 2 aromatic carbocycles. The number of carbonyl (C=O) groups excluding carboxylic acids is 3. The Kier molecular flexibility index (Phi) is 10.2. The number of amides is 3. The second-order valence-electron chi connectivity index (χ2n) is 13.9. The summed E-state index contributed by atoms with van der Waals surface area (Å²) in [4.78, 5) is 41.0. The number of anilines is 2. The van der Waals surface area contributed by atoms with Gasteiger partial charge in [-0.2, -0.15) is 0 Å². The van der Waals surface area contributed by atoms with Crippen molar-refractivity contribution >= 4 is 29.6 Å². The van der Waals surface area contributed by atoms with E-state index in [4.69, 9.17) is 4.74 Å². The molecule has 3 unspecified atom stereocenters. The predicted octanol–water partition coefficient (Wildman–Crippen LogP) is 6.03. The van der Waals surface area contributed by atoms with Gasteiger partial charge in [0.25, 0.3) is 0 Å². The normalized spacial score (nSPS) is 19.7. The van der Waals surface area contributed by atoms with Gasteiger partial charge in [-0.3, -0.25) is 19.6 Å². The highest BCUT2D eigenvalue weighted by Crippen LogP contribution is 2.43. The van der Waals surface area contributed by atoms with E-state index >= 15 is 0 Å². The van der Waals surface area contributed by atoms with E-state index in [0.717, 1.165) is 56.3 Å². The first-order chi connectivity index (χ1) is 21.6. The summed E-state index contributed by atoms with van der Waals surface area (Å²) in [7, 11) is 1.68. The van der Waals surface area contributed by atoms with Crippen LogP contribution in [0.2, 0.25) is 0 Å². The van der Waals surface area contributed by atoms with E-state index < -0.39 is 17.4 Å². The second kappa shape index (κ2) is 14.1. The molecule has 2 saturated carbocycles. The zero-order chi connectivity index (χ0) is 32.1. The smallest absolute Gasteiger partial charge is 0.247 e. The molecule has 1 aliphatic heterocycles. The zero-order valence-electron chi connectivity index (χ0n) is 27.0. The van der Waals surface area contributed by atoms with Crippen molar-refractivity contribution in [3.8, 4) is 5.75 Å². The van der Waals surface area contributed by atoms with Crippen molar-refractivity contribution in [1.29, 1.82) is 0 Å². The third kappa shape index (κ3) is 8.06. The number of hydroxylamine groups is 2. The topological polar surface area (TPSA) is 111 Å². The Hall–Kier alpha value is -3.85. The van der Waals surface area contributed by atoms with Gasteiger partial charge in [-0.1, -0.05) is 70.7 Å². The Bertz CT molecular complexity index is 1370. The standard InChI is InChI=1S/C36H48N4O5/c1-36(2,3)33(38-34(42)27(22-39(44)23-41)20-24-8-5-6-9-24)35(43)37-28-14-19-32-26(21-28)10-7-11-31(40(32)29-15-16-29)25-12-17-30(45-4)18-13-25/h7,11-14,17-19,21,23-24,27,29,31,33,44H,5-6,8-10,15-16,20,22H2,1-4H3,(H,37,43)(H,38,42). The Morgan fingerprint density at radius 2 is 1.78 bits per heavy atom. The van der Waals surface area contributed by atoms with Crippen molar-refractivity contribution in [1.82, 2.24) is 10.4 Å². The monoisotopic (exact) mass is 616 g/mol. The summed E-state index contributed by atoms with van der Waals surface area (Å²) in [5.41, 5.74) is 3.61. The van der Waals surface area contributed by atoms with Gasteiger partial charge < -0.3 is 20.3 Å². The molecule has 0 saturated heterocycles. The van der Waals surface area contributed by atoms with Crippen LogP contribution in [0.5, 0.6) is 5.75 Å². The van der Waals surface area contributed by atoms with E-state index in [1.165, 1.54) is 11.3 Å². The van der Waals surface area contributed by atoms with Gasteiger partial charge in [-0.25, -0.2) is 5.06 Å². The maximum absolute atomic E-state index is 13.8. The fourth-order valence-electron chi connectivity index (χ4n) is 6.83. The van der Waals surface area contributed by atoms with Crippen LogP contribution in [-0.2, 0) is 20.8 Å². The molecule has 2 fully saturated rings. The molecular weight excluding hydrogens is 568 g/mol. The van der Waals surface area contributed by atoms with Crippen molar-refractivity contribution in [2.75, 3.05) is 23.9 Å². The fraction of sp³-hybridized carbons (Fsp3) is 0.528. The molecule has 3 N–H and O–H groups in total. The molecular formula is C36H48N4O5. The summed E-state index contributed by atoms with van der Waals surface area (Å²) in [5, 5.41) is 16.5. The summed E-state index contributed by atoms with van der Waals surface area (Å²) in [5.74, 6) is -0.0238. The lowest BCUT2D eigenvalue weighted by Gasteiger charge is -2.34. The van der Waals surface area contributed by atoms with Gasteiger partial charge in [0.2, 0.25) is 18.2 Å². The first kappa shape index (κ1) is 32.5. The molecule has 3 atom stereocenters. The van der Waals surface area contributed by atoms with Crippen LogP contribution in [0.3, 0.4) is 0 Å². The molecule has 1 heterocycles. The van der Waals surface area contributed by atoms with Crippen molar-refractivity contribution in [2.45, 2.75) is 90.3 Å². The number of ether oxygens (including phenoxy) is 1. The summed E-state index contributed by atoms with van der Waals surface area (Å²) < 4.78 is 5.37. The van der Waals surface area contributed by atoms with Gasteiger partial charge in [-0.15, -0.1) is 0 Å². The quantitative estimate of drug-likeness (QED) is 0.116. The Morgan fingerprint density at radius 1 is 1.07 bits per heavy atom. The summed E-state index contributed by atoms with van der Waals surface area (Å²) >= 11 is 0. The molecule has 2 aliphatic carbocycles. The number of methoxy groups -OCH3 is 1. The third-order valence-electron chi connectivity index (χ3n) is 9.39. The van der Waals surface area contributed by atoms with E-state index in [1.807, 2.05) is 45.0 Å². The first-order valence-electron chi connectivity index (χ1n) is 16.3. The minimum atomic E-state index is -0.819. The molecule has 0 spiro atoms. The van der Waals surface area contributed by atoms with Crippen LogP contribution in [0, 0.1) is 17.3 Å². The van der Waals surface area contributed by atoms with Gasteiger partial charge in [0, 0.05) is 17.4 Å². The lowest BCUT2D eigenvalue weighted by Crippen LogP contribution is -2.54. The number of nitrogens with zero attached hydrogens (tertiary/aromatic N) is 2. The third-order valence-corrected chi connectivity index (χ3v) is 9.39. The lowest BCUT2D eigenvalue weighted by atomic mass is 9.85. The largest absolute Gasteiger partial charge is 0.497 e. The molecule has 3 amide bonds. The van der Waals surface area contributed by atoms with Crippen molar-refractivity contribution in [2.24, 2.45) is 17.3 Å². The summed E-state index contributed by atoms with van der Waals surface area (Å²) in [6.45, 7) is 5.66. The SMILES string of the molecule is COc1ccc(C2C=CCc3cc(NC(=O)C(NC(=O)C(CC4CCCC4)CN(O)C=O)C(C)(C)C)ccc3N2C2CC2)cc1.